The number of hydrogen-bond acceptors (Lipinski definition) is 3. The van der Waals surface area contributed by atoms with Crippen LogP contribution in [0.2, 0.25) is 0 Å². The van der Waals surface area contributed by atoms with Gasteiger partial charge in [-0.1, -0.05) is 6.07 Å². The second-order valence-corrected chi connectivity index (χ2v) is 4.95. The smallest absolute Gasteiger partial charge is 0.339 e. The van der Waals surface area contributed by atoms with Crippen molar-refractivity contribution in [1.82, 2.24) is 4.98 Å². The van der Waals surface area contributed by atoms with Crippen molar-refractivity contribution in [2.45, 2.75) is 6.92 Å². The molecule has 1 aromatic carbocycles. The lowest BCUT2D eigenvalue weighted by molar-refractivity contribution is 0.0697. The summed E-state index contributed by atoms with van der Waals surface area (Å²) in [5, 5.41) is 11.5. The summed E-state index contributed by atoms with van der Waals surface area (Å²) in [7, 11) is 0. The number of nitrogens with zero attached hydrogens (tertiary/aromatic N) is 1. The molecule has 2 rings (SSSR count). The fourth-order valence-electron chi connectivity index (χ4n) is 1.59. The Hall–Kier alpha value is -2.02. The Balaban J connectivity index is 2.51. The number of carboxylic acid groups (broad SMARTS) is 1. The van der Waals surface area contributed by atoms with Crippen LogP contribution in [-0.2, 0) is 0 Å². The predicted octanol–water partition coefficient (Wildman–Crippen LogP) is 3.87. The van der Waals surface area contributed by atoms with Gasteiger partial charge in [-0.25, -0.2) is 18.6 Å². The van der Waals surface area contributed by atoms with Gasteiger partial charge in [0.1, 0.15) is 22.9 Å². The van der Waals surface area contributed by atoms with Crippen LogP contribution in [0.1, 0.15) is 15.9 Å². The van der Waals surface area contributed by atoms with E-state index in [0.717, 1.165) is 6.07 Å². The van der Waals surface area contributed by atoms with Crippen LogP contribution in [0.4, 0.5) is 20.3 Å². The molecule has 0 aliphatic heterocycles. The second kappa shape index (κ2) is 5.54. The van der Waals surface area contributed by atoms with Crippen LogP contribution in [0.5, 0.6) is 0 Å². The Kier molecular flexibility index (Phi) is 3.99. The lowest BCUT2D eigenvalue weighted by atomic mass is 10.2. The highest BCUT2D eigenvalue weighted by molar-refractivity contribution is 9.10. The van der Waals surface area contributed by atoms with Crippen LogP contribution in [0, 0.1) is 18.6 Å². The van der Waals surface area contributed by atoms with Gasteiger partial charge in [0.05, 0.1) is 0 Å². The number of aromatic carboxylic acids is 1. The Bertz CT molecular complexity index is 692. The van der Waals surface area contributed by atoms with Crippen molar-refractivity contribution in [2.24, 2.45) is 0 Å². The summed E-state index contributed by atoms with van der Waals surface area (Å²) in [6, 6.07) is 3.69. The van der Waals surface area contributed by atoms with E-state index in [2.05, 4.69) is 26.2 Å². The molecule has 7 heteroatoms. The standard InChI is InChI=1S/C13H9BrF2N2O2/c1-6-2-3-9(15)11(10(6)16)18-12-8(13(19)20)4-7(14)5-17-12/h2-5H,1H3,(H,17,18)(H,19,20). The summed E-state index contributed by atoms with van der Waals surface area (Å²) in [6.07, 6.45) is 1.33. The highest BCUT2D eigenvalue weighted by Gasteiger charge is 2.17. The number of hydrogen-bond donors (Lipinski definition) is 2. The van der Waals surface area contributed by atoms with Gasteiger partial charge in [0.2, 0.25) is 0 Å². The van der Waals surface area contributed by atoms with Gasteiger partial charge in [0.15, 0.2) is 5.82 Å². The maximum atomic E-state index is 13.9. The number of anilines is 2. The van der Waals surface area contributed by atoms with Gasteiger partial charge in [0.25, 0.3) is 0 Å². The third-order valence-electron chi connectivity index (χ3n) is 2.61. The molecule has 2 aromatic rings. The fraction of sp³-hybridized carbons (Fsp3) is 0.0769. The molecule has 0 bridgehead atoms. The maximum Gasteiger partial charge on any atom is 0.339 e. The first-order valence-electron chi connectivity index (χ1n) is 5.50. The first-order valence-corrected chi connectivity index (χ1v) is 6.30. The Morgan fingerprint density at radius 1 is 1.40 bits per heavy atom. The molecule has 20 heavy (non-hydrogen) atoms. The van der Waals surface area contributed by atoms with Gasteiger partial charge >= 0.3 is 5.97 Å². The van der Waals surface area contributed by atoms with Gasteiger partial charge in [-0.15, -0.1) is 0 Å². The number of benzene rings is 1. The van der Waals surface area contributed by atoms with E-state index < -0.39 is 23.3 Å². The molecule has 0 radical (unpaired) electrons. The summed E-state index contributed by atoms with van der Waals surface area (Å²) >= 11 is 3.09. The quantitative estimate of drug-likeness (QED) is 0.888. The number of aromatic nitrogens is 1. The summed E-state index contributed by atoms with van der Waals surface area (Å²) in [5.74, 6) is -3.00. The fourth-order valence-corrected chi connectivity index (χ4v) is 1.92. The van der Waals surface area contributed by atoms with Crippen molar-refractivity contribution < 1.29 is 18.7 Å². The number of nitrogens with one attached hydrogen (secondary N) is 1. The van der Waals surface area contributed by atoms with Gasteiger partial charge < -0.3 is 10.4 Å². The van der Waals surface area contributed by atoms with Crippen LogP contribution in [0.25, 0.3) is 0 Å². The van der Waals surface area contributed by atoms with E-state index in [1.54, 1.807) is 0 Å². The molecular formula is C13H9BrF2N2O2. The lowest BCUT2D eigenvalue weighted by Gasteiger charge is -2.11. The van der Waals surface area contributed by atoms with E-state index >= 15 is 0 Å². The number of rotatable bonds is 3. The molecule has 0 aliphatic rings. The summed E-state index contributed by atoms with van der Waals surface area (Å²) < 4.78 is 28.0. The minimum Gasteiger partial charge on any atom is -0.478 e. The van der Waals surface area contributed by atoms with Crippen molar-refractivity contribution in [2.75, 3.05) is 5.32 Å². The van der Waals surface area contributed by atoms with E-state index in [1.807, 2.05) is 0 Å². The van der Waals surface area contributed by atoms with Crippen molar-refractivity contribution in [3.8, 4) is 0 Å². The molecule has 4 nitrogen and oxygen atoms in total. The van der Waals surface area contributed by atoms with E-state index in [0.29, 0.717) is 4.47 Å². The van der Waals surface area contributed by atoms with E-state index in [4.69, 9.17) is 5.11 Å². The normalized spacial score (nSPS) is 10.4. The van der Waals surface area contributed by atoms with Crippen LogP contribution < -0.4 is 5.32 Å². The molecule has 0 amide bonds. The first-order chi connectivity index (χ1) is 9.40. The van der Waals surface area contributed by atoms with Crippen LogP contribution in [-0.4, -0.2) is 16.1 Å². The molecule has 0 unspecified atom stereocenters. The lowest BCUT2D eigenvalue weighted by Crippen LogP contribution is -2.07. The highest BCUT2D eigenvalue weighted by Crippen LogP contribution is 2.27. The third kappa shape index (κ3) is 2.77. The zero-order chi connectivity index (χ0) is 14.9. The molecule has 0 atom stereocenters. The molecule has 0 saturated heterocycles. The first kappa shape index (κ1) is 14.4. The van der Waals surface area contributed by atoms with Crippen LogP contribution >= 0.6 is 15.9 Å². The molecule has 104 valence electrons. The highest BCUT2D eigenvalue weighted by atomic mass is 79.9. The molecule has 0 saturated carbocycles. The number of pyridine rings is 1. The van der Waals surface area contributed by atoms with Crippen molar-refractivity contribution in [1.29, 1.82) is 0 Å². The zero-order valence-electron chi connectivity index (χ0n) is 10.2. The summed E-state index contributed by atoms with van der Waals surface area (Å²) in [4.78, 5) is 14.9. The Morgan fingerprint density at radius 3 is 2.75 bits per heavy atom. The number of aryl methyl sites for hydroxylation is 1. The minimum atomic E-state index is -1.25. The molecule has 0 spiro atoms. The van der Waals surface area contributed by atoms with Crippen molar-refractivity contribution in [3.05, 3.63) is 51.6 Å². The Labute approximate surface area is 121 Å². The van der Waals surface area contributed by atoms with Crippen molar-refractivity contribution >= 4 is 33.4 Å². The number of carbonyl (C=O) groups is 1. The number of halogens is 3. The van der Waals surface area contributed by atoms with E-state index in [1.165, 1.54) is 25.3 Å². The van der Waals surface area contributed by atoms with Gasteiger partial charge in [0, 0.05) is 10.7 Å². The largest absolute Gasteiger partial charge is 0.478 e. The van der Waals surface area contributed by atoms with Crippen molar-refractivity contribution in [3.63, 3.8) is 0 Å². The topological polar surface area (TPSA) is 62.2 Å². The monoisotopic (exact) mass is 342 g/mol. The van der Waals surface area contributed by atoms with Gasteiger partial charge in [-0.05, 0) is 40.5 Å². The molecule has 1 aromatic heterocycles. The maximum absolute atomic E-state index is 13.9. The average Bonchev–Trinajstić information content (AvgIpc) is 2.40. The second-order valence-electron chi connectivity index (χ2n) is 4.03. The van der Waals surface area contributed by atoms with Gasteiger partial charge in [-0.3, -0.25) is 0 Å². The molecule has 1 heterocycles. The Morgan fingerprint density at radius 2 is 2.10 bits per heavy atom. The third-order valence-corrected chi connectivity index (χ3v) is 3.05. The molecule has 2 N–H and O–H groups in total. The molecule has 0 aliphatic carbocycles. The molecular weight excluding hydrogens is 334 g/mol. The SMILES string of the molecule is Cc1ccc(F)c(Nc2ncc(Br)cc2C(=O)O)c1F. The van der Waals surface area contributed by atoms with E-state index in [-0.39, 0.29) is 16.9 Å². The summed E-state index contributed by atoms with van der Waals surface area (Å²) in [5.41, 5.74) is -0.384. The van der Waals surface area contributed by atoms with Crippen LogP contribution in [0.15, 0.2) is 28.9 Å². The van der Waals surface area contributed by atoms with E-state index in [9.17, 15) is 13.6 Å². The van der Waals surface area contributed by atoms with Crippen LogP contribution in [0.3, 0.4) is 0 Å². The average molecular weight is 343 g/mol. The minimum absolute atomic E-state index is 0.135. The van der Waals surface area contributed by atoms with Gasteiger partial charge in [-0.2, -0.15) is 0 Å². The number of carboxylic acids is 1. The summed E-state index contributed by atoms with van der Waals surface area (Å²) in [6.45, 7) is 1.48. The zero-order valence-corrected chi connectivity index (χ0v) is 11.8. The molecule has 0 fully saturated rings. The predicted molar refractivity (Wildman–Crippen MR) is 73.3 cm³/mol.